The Hall–Kier alpha value is -1.86. The number of halogens is 1. The molecule has 0 bridgehead atoms. The number of hydrogen-bond acceptors (Lipinski definition) is 1. The van der Waals surface area contributed by atoms with Crippen LogP contribution in [0.1, 0.15) is 21.5 Å². The predicted molar refractivity (Wildman–Crippen MR) is 76.0 cm³/mol. The van der Waals surface area contributed by atoms with Gasteiger partial charge in [0.15, 0.2) is 5.78 Å². The number of carbonyl (C=O) groups is 1. The van der Waals surface area contributed by atoms with E-state index in [1.807, 2.05) is 43.3 Å². The normalized spacial score (nSPS) is 10.8. The monoisotopic (exact) mass is 256 g/mol. The van der Waals surface area contributed by atoms with Gasteiger partial charge >= 0.3 is 0 Å². The van der Waals surface area contributed by atoms with E-state index in [0.717, 1.165) is 11.1 Å². The third-order valence-electron chi connectivity index (χ3n) is 2.68. The van der Waals surface area contributed by atoms with Crippen LogP contribution in [0.3, 0.4) is 0 Å². The summed E-state index contributed by atoms with van der Waals surface area (Å²) in [4.78, 5) is 11.9. The van der Waals surface area contributed by atoms with Gasteiger partial charge < -0.3 is 0 Å². The molecule has 0 aliphatic carbocycles. The molecule has 0 fully saturated rings. The Bertz CT molecular complexity index is 585. The molecule has 2 rings (SSSR count). The van der Waals surface area contributed by atoms with Crippen molar-refractivity contribution in [1.29, 1.82) is 0 Å². The molecule has 0 heterocycles. The fraction of sp³-hybridized carbons (Fsp3) is 0.0625. The van der Waals surface area contributed by atoms with Gasteiger partial charge in [-0.1, -0.05) is 60.1 Å². The molecular weight excluding hydrogens is 244 g/mol. The van der Waals surface area contributed by atoms with Crippen LogP contribution < -0.4 is 0 Å². The van der Waals surface area contributed by atoms with Crippen LogP contribution in [0.4, 0.5) is 0 Å². The largest absolute Gasteiger partial charge is 0.289 e. The number of allylic oxidation sites excluding steroid dienone is 1. The summed E-state index contributed by atoms with van der Waals surface area (Å²) in [5.41, 5.74) is 2.64. The molecule has 0 saturated heterocycles. The highest BCUT2D eigenvalue weighted by Gasteiger charge is 2.00. The average molecular weight is 257 g/mol. The zero-order valence-electron chi connectivity index (χ0n) is 10.1. The van der Waals surface area contributed by atoms with E-state index in [9.17, 15) is 4.79 Å². The average Bonchev–Trinajstić information content (AvgIpc) is 2.41. The number of benzene rings is 2. The van der Waals surface area contributed by atoms with Crippen molar-refractivity contribution in [3.63, 3.8) is 0 Å². The van der Waals surface area contributed by atoms with Crippen LogP contribution in [0, 0.1) is 6.92 Å². The fourth-order valence-electron chi connectivity index (χ4n) is 1.58. The molecule has 2 heteroatoms. The first-order valence-electron chi connectivity index (χ1n) is 5.70. The van der Waals surface area contributed by atoms with Crippen molar-refractivity contribution in [2.75, 3.05) is 0 Å². The lowest BCUT2D eigenvalue weighted by Crippen LogP contribution is -1.92. The van der Waals surface area contributed by atoms with Crippen molar-refractivity contribution in [2.24, 2.45) is 0 Å². The van der Waals surface area contributed by atoms with Crippen LogP contribution in [0.15, 0.2) is 54.6 Å². The van der Waals surface area contributed by atoms with Crippen molar-refractivity contribution in [3.05, 3.63) is 76.3 Å². The van der Waals surface area contributed by atoms with Gasteiger partial charge in [0.05, 0.1) is 0 Å². The smallest absolute Gasteiger partial charge is 0.185 e. The van der Waals surface area contributed by atoms with Gasteiger partial charge in [0.2, 0.25) is 0 Å². The topological polar surface area (TPSA) is 17.1 Å². The van der Waals surface area contributed by atoms with E-state index in [0.29, 0.717) is 10.6 Å². The molecule has 2 aromatic rings. The molecule has 1 nitrogen and oxygen atoms in total. The second-order valence-electron chi connectivity index (χ2n) is 4.07. The predicted octanol–water partition coefficient (Wildman–Crippen LogP) is 4.54. The molecule has 0 atom stereocenters. The molecule has 0 amide bonds. The molecule has 90 valence electrons. The maximum Gasteiger partial charge on any atom is 0.185 e. The van der Waals surface area contributed by atoms with Crippen LogP contribution in [-0.2, 0) is 0 Å². The third kappa shape index (κ3) is 3.08. The van der Waals surface area contributed by atoms with Crippen molar-refractivity contribution >= 4 is 23.5 Å². The lowest BCUT2D eigenvalue weighted by Gasteiger charge is -1.99. The molecule has 0 unspecified atom stereocenters. The standard InChI is InChI=1S/C16H13ClO/c1-12-7-8-13(11-15(12)17)9-10-16(18)14-5-3-2-4-6-14/h2-11H,1H3. The van der Waals surface area contributed by atoms with E-state index in [1.165, 1.54) is 0 Å². The Labute approximate surface area is 112 Å². The summed E-state index contributed by atoms with van der Waals surface area (Å²) in [6.45, 7) is 1.95. The number of hydrogen-bond donors (Lipinski definition) is 0. The Morgan fingerprint density at radius 3 is 2.50 bits per heavy atom. The Balaban J connectivity index is 2.16. The molecule has 0 saturated carbocycles. The fourth-order valence-corrected chi connectivity index (χ4v) is 1.77. The first-order valence-corrected chi connectivity index (χ1v) is 6.08. The van der Waals surface area contributed by atoms with E-state index in [1.54, 1.807) is 24.3 Å². The second-order valence-corrected chi connectivity index (χ2v) is 4.48. The first-order chi connectivity index (χ1) is 8.66. The second kappa shape index (κ2) is 5.65. The molecular formula is C16H13ClO. The SMILES string of the molecule is Cc1ccc(C=CC(=O)c2ccccc2)cc1Cl. The molecule has 0 aromatic heterocycles. The van der Waals surface area contributed by atoms with E-state index in [2.05, 4.69) is 0 Å². The van der Waals surface area contributed by atoms with Gasteiger partial charge in [-0.3, -0.25) is 4.79 Å². The lowest BCUT2D eigenvalue weighted by molar-refractivity contribution is 0.104. The number of aryl methyl sites for hydroxylation is 1. The quantitative estimate of drug-likeness (QED) is 0.582. The van der Waals surface area contributed by atoms with Gasteiger partial charge in [-0.15, -0.1) is 0 Å². The van der Waals surface area contributed by atoms with E-state index >= 15 is 0 Å². The Kier molecular flexibility index (Phi) is 3.96. The summed E-state index contributed by atoms with van der Waals surface area (Å²) in [5.74, 6) is -0.00713. The van der Waals surface area contributed by atoms with Crippen LogP contribution in [0.25, 0.3) is 6.08 Å². The summed E-state index contributed by atoms with van der Waals surface area (Å²) >= 11 is 6.03. The summed E-state index contributed by atoms with van der Waals surface area (Å²) in [7, 11) is 0. The minimum atomic E-state index is -0.00713. The van der Waals surface area contributed by atoms with Crippen molar-refractivity contribution in [2.45, 2.75) is 6.92 Å². The zero-order valence-corrected chi connectivity index (χ0v) is 10.8. The summed E-state index contributed by atoms with van der Waals surface area (Å²) < 4.78 is 0. The van der Waals surface area contributed by atoms with Crippen molar-refractivity contribution < 1.29 is 4.79 Å². The van der Waals surface area contributed by atoms with Gasteiger partial charge in [-0.2, -0.15) is 0 Å². The third-order valence-corrected chi connectivity index (χ3v) is 3.09. The molecule has 0 aliphatic heterocycles. The highest BCUT2D eigenvalue weighted by atomic mass is 35.5. The highest BCUT2D eigenvalue weighted by Crippen LogP contribution is 2.17. The first kappa shape index (κ1) is 12.6. The van der Waals surface area contributed by atoms with Crippen molar-refractivity contribution in [1.82, 2.24) is 0 Å². The van der Waals surface area contributed by atoms with Gasteiger partial charge in [-0.05, 0) is 30.2 Å². The number of carbonyl (C=O) groups excluding carboxylic acids is 1. The van der Waals surface area contributed by atoms with Crippen LogP contribution in [0.5, 0.6) is 0 Å². The maximum absolute atomic E-state index is 11.9. The molecule has 0 aliphatic rings. The number of ketones is 1. The maximum atomic E-state index is 11.9. The van der Waals surface area contributed by atoms with Gasteiger partial charge in [0.1, 0.15) is 0 Å². The van der Waals surface area contributed by atoms with Gasteiger partial charge in [0, 0.05) is 10.6 Å². The molecule has 18 heavy (non-hydrogen) atoms. The molecule has 0 radical (unpaired) electrons. The van der Waals surface area contributed by atoms with Gasteiger partial charge in [-0.25, -0.2) is 0 Å². The summed E-state index contributed by atoms with van der Waals surface area (Å²) in [5, 5.41) is 0.712. The molecule has 2 aromatic carbocycles. The van der Waals surface area contributed by atoms with E-state index in [4.69, 9.17) is 11.6 Å². The van der Waals surface area contributed by atoms with Crippen LogP contribution in [0.2, 0.25) is 5.02 Å². The molecule has 0 spiro atoms. The highest BCUT2D eigenvalue weighted by molar-refractivity contribution is 6.31. The van der Waals surface area contributed by atoms with Gasteiger partial charge in [0.25, 0.3) is 0 Å². The minimum absolute atomic E-state index is 0.00713. The molecule has 0 N–H and O–H groups in total. The van der Waals surface area contributed by atoms with Crippen LogP contribution >= 0.6 is 11.6 Å². The minimum Gasteiger partial charge on any atom is -0.289 e. The van der Waals surface area contributed by atoms with E-state index in [-0.39, 0.29) is 5.78 Å². The lowest BCUT2D eigenvalue weighted by atomic mass is 10.1. The van der Waals surface area contributed by atoms with E-state index < -0.39 is 0 Å². The van der Waals surface area contributed by atoms with Crippen molar-refractivity contribution in [3.8, 4) is 0 Å². The summed E-state index contributed by atoms with van der Waals surface area (Å²) in [6.07, 6.45) is 3.34. The zero-order chi connectivity index (χ0) is 13.0. The number of rotatable bonds is 3. The van der Waals surface area contributed by atoms with Crippen LogP contribution in [-0.4, -0.2) is 5.78 Å². The Morgan fingerprint density at radius 2 is 1.83 bits per heavy atom. The Morgan fingerprint density at radius 1 is 1.11 bits per heavy atom. The summed E-state index contributed by atoms with van der Waals surface area (Å²) in [6, 6.07) is 14.9.